The molecule has 3 aromatic heterocycles. The van der Waals surface area contributed by atoms with Gasteiger partial charge in [-0.15, -0.1) is 0 Å². The van der Waals surface area contributed by atoms with Gasteiger partial charge in [0.1, 0.15) is 11.6 Å². The summed E-state index contributed by atoms with van der Waals surface area (Å²) in [5.41, 5.74) is 10.3. The molecule has 4 heterocycles. The molecule has 4 aromatic rings. The number of nitrogen functional groups attached to an aromatic ring is 1. The molecule has 1 aliphatic heterocycles. The van der Waals surface area contributed by atoms with Crippen molar-refractivity contribution in [3.63, 3.8) is 0 Å². The van der Waals surface area contributed by atoms with E-state index in [2.05, 4.69) is 15.1 Å². The molecule has 0 unspecified atom stereocenters. The fourth-order valence-corrected chi connectivity index (χ4v) is 4.45. The van der Waals surface area contributed by atoms with Crippen molar-refractivity contribution in [3.8, 4) is 11.4 Å². The highest BCUT2D eigenvalue weighted by Gasteiger charge is 2.27. The molecular weight excluding hydrogens is 416 g/mol. The Hall–Kier alpha value is -3.81. The molecular formula is C25H26N6O2. The third kappa shape index (κ3) is 4.16. The predicted molar refractivity (Wildman–Crippen MR) is 125 cm³/mol. The minimum atomic E-state index is 0.0906. The number of amides is 1. The molecule has 168 valence electrons. The van der Waals surface area contributed by atoms with Gasteiger partial charge in [0.05, 0.1) is 17.5 Å². The lowest BCUT2D eigenvalue weighted by atomic mass is 9.93. The molecule has 0 aliphatic carbocycles. The number of piperidine rings is 1. The van der Waals surface area contributed by atoms with Crippen LogP contribution in [0.1, 0.15) is 41.5 Å². The zero-order valence-corrected chi connectivity index (χ0v) is 18.8. The molecule has 0 radical (unpaired) electrons. The van der Waals surface area contributed by atoms with E-state index in [0.717, 1.165) is 47.3 Å². The molecule has 33 heavy (non-hydrogen) atoms. The number of carbonyl (C=O) groups excluding carboxylic acids is 1. The van der Waals surface area contributed by atoms with E-state index in [1.807, 2.05) is 61.2 Å². The number of anilines is 1. The maximum Gasteiger partial charge on any atom is 0.227 e. The molecule has 1 saturated heterocycles. The van der Waals surface area contributed by atoms with Crippen LogP contribution in [0.4, 0.5) is 5.82 Å². The van der Waals surface area contributed by atoms with E-state index in [9.17, 15) is 4.79 Å². The van der Waals surface area contributed by atoms with Gasteiger partial charge in [-0.3, -0.25) is 4.79 Å². The maximum absolute atomic E-state index is 13.0. The summed E-state index contributed by atoms with van der Waals surface area (Å²) in [6, 6.07) is 13.7. The normalized spacial score (nSPS) is 16.3. The van der Waals surface area contributed by atoms with Crippen molar-refractivity contribution in [2.75, 3.05) is 18.8 Å². The Bertz CT molecular complexity index is 1300. The second-order valence-corrected chi connectivity index (χ2v) is 8.56. The number of likely N-dealkylation sites (tertiary alicyclic amines) is 1. The number of nitrogens with zero attached hydrogens (tertiary/aromatic N) is 5. The SMILES string of the molecule is Cc1noc(C)c1CC(=O)N1CCC[C@H](c2ccc3c(N)nc(-c4ccccc4)nc3n2)C1. The van der Waals surface area contributed by atoms with Gasteiger partial charge in [-0.05, 0) is 38.8 Å². The molecule has 1 amide bonds. The lowest BCUT2D eigenvalue weighted by Crippen LogP contribution is -2.40. The molecule has 5 rings (SSSR count). The van der Waals surface area contributed by atoms with Gasteiger partial charge in [-0.25, -0.2) is 15.0 Å². The van der Waals surface area contributed by atoms with Crippen LogP contribution in [0.15, 0.2) is 47.0 Å². The summed E-state index contributed by atoms with van der Waals surface area (Å²) in [5.74, 6) is 1.92. The fraction of sp³-hybridized carbons (Fsp3) is 0.320. The average Bonchev–Trinajstić information content (AvgIpc) is 3.16. The number of aromatic nitrogens is 4. The molecule has 1 atom stereocenters. The smallest absolute Gasteiger partial charge is 0.227 e. The van der Waals surface area contributed by atoms with Crippen LogP contribution in [0.25, 0.3) is 22.4 Å². The second-order valence-electron chi connectivity index (χ2n) is 8.56. The Morgan fingerprint density at radius 1 is 1.12 bits per heavy atom. The van der Waals surface area contributed by atoms with Crippen molar-refractivity contribution in [2.45, 2.75) is 39.0 Å². The van der Waals surface area contributed by atoms with Crippen molar-refractivity contribution < 1.29 is 9.32 Å². The van der Waals surface area contributed by atoms with Gasteiger partial charge in [-0.2, -0.15) is 0 Å². The predicted octanol–water partition coefficient (Wildman–Crippen LogP) is 3.83. The molecule has 2 N–H and O–H groups in total. The van der Waals surface area contributed by atoms with Crippen molar-refractivity contribution in [1.82, 2.24) is 25.0 Å². The first-order valence-electron chi connectivity index (χ1n) is 11.2. The Labute approximate surface area is 191 Å². The van der Waals surface area contributed by atoms with Gasteiger partial charge in [0, 0.05) is 35.8 Å². The van der Waals surface area contributed by atoms with Crippen LogP contribution < -0.4 is 5.73 Å². The van der Waals surface area contributed by atoms with E-state index < -0.39 is 0 Å². The first kappa shape index (κ1) is 21.1. The summed E-state index contributed by atoms with van der Waals surface area (Å²) >= 11 is 0. The first-order chi connectivity index (χ1) is 16.0. The number of fused-ring (bicyclic) bond motifs is 1. The molecule has 0 spiro atoms. The minimum absolute atomic E-state index is 0.0906. The second kappa shape index (κ2) is 8.61. The molecule has 0 bridgehead atoms. The maximum atomic E-state index is 13.0. The van der Waals surface area contributed by atoms with Crippen molar-refractivity contribution in [1.29, 1.82) is 0 Å². The largest absolute Gasteiger partial charge is 0.383 e. The Morgan fingerprint density at radius 2 is 1.94 bits per heavy atom. The minimum Gasteiger partial charge on any atom is -0.383 e. The van der Waals surface area contributed by atoms with Gasteiger partial charge in [-0.1, -0.05) is 35.5 Å². The Kier molecular flexibility index (Phi) is 5.50. The molecule has 0 saturated carbocycles. The van der Waals surface area contributed by atoms with Crippen LogP contribution >= 0.6 is 0 Å². The van der Waals surface area contributed by atoms with Gasteiger partial charge in [0.15, 0.2) is 11.5 Å². The zero-order valence-electron chi connectivity index (χ0n) is 18.8. The van der Waals surface area contributed by atoms with Gasteiger partial charge < -0.3 is 15.2 Å². The van der Waals surface area contributed by atoms with Crippen LogP contribution in [-0.2, 0) is 11.2 Å². The first-order valence-corrected chi connectivity index (χ1v) is 11.2. The van der Waals surface area contributed by atoms with E-state index in [1.165, 1.54) is 0 Å². The highest BCUT2D eigenvalue weighted by Crippen LogP contribution is 2.29. The highest BCUT2D eigenvalue weighted by molar-refractivity contribution is 5.87. The van der Waals surface area contributed by atoms with Crippen molar-refractivity contribution >= 4 is 22.8 Å². The summed E-state index contributed by atoms with van der Waals surface area (Å²) in [7, 11) is 0. The number of hydrogen-bond acceptors (Lipinski definition) is 7. The summed E-state index contributed by atoms with van der Waals surface area (Å²) in [5, 5.41) is 4.70. The molecule has 8 heteroatoms. The average molecular weight is 443 g/mol. The standard InChI is InChI=1S/C25H26N6O2/c1-15-20(16(2)33-30-15)13-22(32)31-12-6-9-18(14-31)21-11-10-19-23(26)28-24(29-25(19)27-21)17-7-4-3-5-8-17/h3-5,7-8,10-11,18H,6,9,12-14H2,1-2H3,(H2,26,27,28,29)/t18-/m0/s1. The van der Waals surface area contributed by atoms with Crippen LogP contribution in [0.2, 0.25) is 0 Å². The summed E-state index contributed by atoms with van der Waals surface area (Å²) in [6.45, 7) is 5.10. The summed E-state index contributed by atoms with van der Waals surface area (Å²) in [6.07, 6.45) is 2.21. The summed E-state index contributed by atoms with van der Waals surface area (Å²) < 4.78 is 5.21. The topological polar surface area (TPSA) is 111 Å². The molecule has 8 nitrogen and oxygen atoms in total. The van der Waals surface area contributed by atoms with E-state index in [-0.39, 0.29) is 11.8 Å². The monoisotopic (exact) mass is 442 g/mol. The van der Waals surface area contributed by atoms with Gasteiger partial charge in [0.25, 0.3) is 0 Å². The number of hydrogen-bond donors (Lipinski definition) is 1. The third-order valence-corrected chi connectivity index (χ3v) is 6.34. The summed E-state index contributed by atoms with van der Waals surface area (Å²) in [4.78, 5) is 28.9. The number of rotatable bonds is 4. The third-order valence-electron chi connectivity index (χ3n) is 6.34. The molecule has 1 aromatic carbocycles. The lowest BCUT2D eigenvalue weighted by Gasteiger charge is -2.32. The number of benzene rings is 1. The van der Waals surface area contributed by atoms with E-state index >= 15 is 0 Å². The Balaban J connectivity index is 1.39. The number of pyridine rings is 1. The van der Waals surface area contributed by atoms with E-state index in [0.29, 0.717) is 36.0 Å². The molecule has 1 aliphatic rings. The van der Waals surface area contributed by atoms with Gasteiger partial charge >= 0.3 is 0 Å². The van der Waals surface area contributed by atoms with Crippen LogP contribution in [0.5, 0.6) is 0 Å². The quantitative estimate of drug-likeness (QED) is 0.511. The van der Waals surface area contributed by atoms with E-state index in [4.69, 9.17) is 15.2 Å². The zero-order chi connectivity index (χ0) is 22.9. The number of aryl methyl sites for hydroxylation is 2. The van der Waals surface area contributed by atoms with Crippen molar-refractivity contribution in [3.05, 3.63) is 65.2 Å². The number of carbonyl (C=O) groups is 1. The lowest BCUT2D eigenvalue weighted by molar-refractivity contribution is -0.131. The van der Waals surface area contributed by atoms with Crippen LogP contribution in [0, 0.1) is 13.8 Å². The van der Waals surface area contributed by atoms with Gasteiger partial charge in [0.2, 0.25) is 5.91 Å². The fourth-order valence-electron chi connectivity index (χ4n) is 4.45. The number of nitrogens with two attached hydrogens (primary N) is 1. The highest BCUT2D eigenvalue weighted by atomic mass is 16.5. The Morgan fingerprint density at radius 3 is 2.70 bits per heavy atom. The van der Waals surface area contributed by atoms with Crippen LogP contribution in [0.3, 0.4) is 0 Å². The van der Waals surface area contributed by atoms with E-state index in [1.54, 1.807) is 0 Å². The molecule has 1 fully saturated rings. The van der Waals surface area contributed by atoms with Crippen molar-refractivity contribution in [2.24, 2.45) is 0 Å². The van der Waals surface area contributed by atoms with Crippen LogP contribution in [-0.4, -0.2) is 44.0 Å².